The first kappa shape index (κ1) is 16.8. The fourth-order valence-electron chi connectivity index (χ4n) is 1.52. The van der Waals surface area contributed by atoms with Crippen LogP contribution < -0.4 is 10.1 Å². The predicted molar refractivity (Wildman–Crippen MR) is 80.9 cm³/mol. The van der Waals surface area contributed by atoms with E-state index in [1.54, 1.807) is 25.3 Å². The van der Waals surface area contributed by atoms with E-state index in [0.717, 1.165) is 24.2 Å². The van der Waals surface area contributed by atoms with Gasteiger partial charge in [0.15, 0.2) is 6.61 Å². The zero-order valence-corrected chi connectivity index (χ0v) is 12.4. The van der Waals surface area contributed by atoms with Crippen LogP contribution in [0.15, 0.2) is 30.3 Å². The zero-order valence-electron chi connectivity index (χ0n) is 12.4. The third-order valence-corrected chi connectivity index (χ3v) is 2.73. The van der Waals surface area contributed by atoms with Crippen LogP contribution in [0, 0.1) is 0 Å². The number of hydrogen-bond donors (Lipinski definition) is 1. The van der Waals surface area contributed by atoms with Gasteiger partial charge in [0, 0.05) is 12.6 Å². The van der Waals surface area contributed by atoms with Gasteiger partial charge in [-0.15, -0.1) is 0 Å². The molecule has 0 heterocycles. The second-order valence-electron chi connectivity index (χ2n) is 4.42. The summed E-state index contributed by atoms with van der Waals surface area (Å²) in [5, 5.41) is 2.67. The lowest BCUT2D eigenvalue weighted by Crippen LogP contribution is -2.29. The van der Waals surface area contributed by atoms with Gasteiger partial charge < -0.3 is 14.8 Å². The normalized spacial score (nSPS) is 10.4. The van der Waals surface area contributed by atoms with Crippen LogP contribution in [0.3, 0.4) is 0 Å². The highest BCUT2D eigenvalue weighted by atomic mass is 16.5. The number of ether oxygens (including phenoxy) is 2. The van der Waals surface area contributed by atoms with E-state index in [0.29, 0.717) is 6.54 Å². The lowest BCUT2D eigenvalue weighted by atomic mass is 10.2. The van der Waals surface area contributed by atoms with Crippen molar-refractivity contribution >= 4 is 18.0 Å². The van der Waals surface area contributed by atoms with Crippen molar-refractivity contribution in [3.05, 3.63) is 35.9 Å². The van der Waals surface area contributed by atoms with Gasteiger partial charge in [0.05, 0.1) is 7.11 Å². The number of carbonyl (C=O) groups is 2. The van der Waals surface area contributed by atoms with E-state index in [1.807, 2.05) is 19.1 Å². The molecule has 21 heavy (non-hydrogen) atoms. The minimum Gasteiger partial charge on any atom is -0.497 e. The monoisotopic (exact) mass is 291 g/mol. The maximum Gasteiger partial charge on any atom is 0.331 e. The summed E-state index contributed by atoms with van der Waals surface area (Å²) >= 11 is 0. The average molecular weight is 291 g/mol. The first-order valence-electron chi connectivity index (χ1n) is 6.91. The summed E-state index contributed by atoms with van der Waals surface area (Å²) in [6.45, 7) is 2.39. The fraction of sp³-hybridized carbons (Fsp3) is 0.375. The van der Waals surface area contributed by atoms with Crippen LogP contribution in [0.4, 0.5) is 0 Å². The van der Waals surface area contributed by atoms with Crippen LogP contribution in [-0.4, -0.2) is 32.1 Å². The number of benzene rings is 1. The van der Waals surface area contributed by atoms with E-state index in [9.17, 15) is 9.59 Å². The summed E-state index contributed by atoms with van der Waals surface area (Å²) in [6, 6.07) is 7.23. The molecule has 1 aromatic rings. The number of esters is 1. The highest BCUT2D eigenvalue weighted by molar-refractivity contribution is 5.89. The van der Waals surface area contributed by atoms with Gasteiger partial charge in [0.25, 0.3) is 5.91 Å². The molecule has 5 heteroatoms. The Labute approximate surface area is 124 Å². The Morgan fingerprint density at radius 1 is 1.24 bits per heavy atom. The third-order valence-electron chi connectivity index (χ3n) is 2.73. The van der Waals surface area contributed by atoms with Crippen molar-refractivity contribution in [1.82, 2.24) is 5.32 Å². The van der Waals surface area contributed by atoms with E-state index in [4.69, 9.17) is 9.47 Å². The Balaban J connectivity index is 2.32. The van der Waals surface area contributed by atoms with Crippen LogP contribution in [0.5, 0.6) is 5.75 Å². The van der Waals surface area contributed by atoms with Crippen molar-refractivity contribution in [2.45, 2.75) is 19.8 Å². The molecule has 1 aromatic carbocycles. The molecule has 0 bridgehead atoms. The second-order valence-corrected chi connectivity index (χ2v) is 4.42. The van der Waals surface area contributed by atoms with Gasteiger partial charge in [0.2, 0.25) is 0 Å². The van der Waals surface area contributed by atoms with Crippen molar-refractivity contribution in [2.24, 2.45) is 0 Å². The number of carbonyl (C=O) groups excluding carboxylic acids is 2. The maximum absolute atomic E-state index is 11.5. The molecule has 0 aliphatic heterocycles. The molecule has 0 radical (unpaired) electrons. The Bertz CT molecular complexity index is 480. The van der Waals surface area contributed by atoms with Crippen LogP contribution >= 0.6 is 0 Å². The summed E-state index contributed by atoms with van der Waals surface area (Å²) in [4.78, 5) is 22.8. The zero-order chi connectivity index (χ0) is 15.5. The smallest absolute Gasteiger partial charge is 0.331 e. The van der Waals surface area contributed by atoms with Crippen LogP contribution in [0.1, 0.15) is 25.3 Å². The molecule has 0 spiro atoms. The molecule has 1 rings (SSSR count). The first-order chi connectivity index (χ1) is 10.2. The van der Waals surface area contributed by atoms with E-state index in [2.05, 4.69) is 5.32 Å². The quantitative estimate of drug-likeness (QED) is 0.453. The van der Waals surface area contributed by atoms with Gasteiger partial charge in [-0.1, -0.05) is 25.5 Å². The number of methoxy groups -OCH3 is 1. The van der Waals surface area contributed by atoms with Crippen LogP contribution in [0.25, 0.3) is 6.08 Å². The Morgan fingerprint density at radius 2 is 1.95 bits per heavy atom. The summed E-state index contributed by atoms with van der Waals surface area (Å²) in [7, 11) is 1.59. The number of rotatable bonds is 8. The summed E-state index contributed by atoms with van der Waals surface area (Å²) in [6.07, 6.45) is 4.83. The Kier molecular flexibility index (Phi) is 7.64. The highest BCUT2D eigenvalue weighted by Gasteiger charge is 2.03. The van der Waals surface area contributed by atoms with Crippen molar-refractivity contribution in [3.8, 4) is 5.75 Å². The topological polar surface area (TPSA) is 64.6 Å². The SMILES string of the molecule is CCCCNC(=O)COC(=O)/C=C/c1ccc(OC)cc1. The van der Waals surface area contributed by atoms with Gasteiger partial charge >= 0.3 is 5.97 Å². The molecule has 1 amide bonds. The van der Waals surface area contributed by atoms with Gasteiger partial charge in [-0.3, -0.25) is 4.79 Å². The lowest BCUT2D eigenvalue weighted by Gasteiger charge is -2.04. The predicted octanol–water partition coefficient (Wildman–Crippen LogP) is 2.17. The van der Waals surface area contributed by atoms with Gasteiger partial charge in [-0.05, 0) is 30.2 Å². The largest absolute Gasteiger partial charge is 0.497 e. The van der Waals surface area contributed by atoms with Crippen LogP contribution in [0.2, 0.25) is 0 Å². The van der Waals surface area contributed by atoms with Gasteiger partial charge in [0.1, 0.15) is 5.75 Å². The molecule has 1 N–H and O–H groups in total. The molecule has 0 aliphatic carbocycles. The van der Waals surface area contributed by atoms with Gasteiger partial charge in [-0.2, -0.15) is 0 Å². The van der Waals surface area contributed by atoms with Crippen molar-refractivity contribution in [1.29, 1.82) is 0 Å². The van der Waals surface area contributed by atoms with E-state index < -0.39 is 5.97 Å². The Hall–Kier alpha value is -2.30. The van der Waals surface area contributed by atoms with E-state index in [-0.39, 0.29) is 12.5 Å². The lowest BCUT2D eigenvalue weighted by molar-refractivity contribution is -0.143. The highest BCUT2D eigenvalue weighted by Crippen LogP contribution is 2.12. The number of unbranched alkanes of at least 4 members (excludes halogenated alkanes) is 1. The molecule has 0 fully saturated rings. The first-order valence-corrected chi connectivity index (χ1v) is 6.91. The molecule has 0 atom stereocenters. The van der Waals surface area contributed by atoms with Gasteiger partial charge in [-0.25, -0.2) is 4.79 Å². The van der Waals surface area contributed by atoms with Crippen molar-refractivity contribution < 1.29 is 19.1 Å². The number of nitrogens with one attached hydrogen (secondary N) is 1. The molecule has 0 saturated heterocycles. The molecular weight excluding hydrogens is 270 g/mol. The molecule has 114 valence electrons. The van der Waals surface area contributed by atoms with E-state index in [1.165, 1.54) is 6.08 Å². The third kappa shape index (κ3) is 7.15. The molecule has 0 saturated carbocycles. The van der Waals surface area contributed by atoms with E-state index >= 15 is 0 Å². The van der Waals surface area contributed by atoms with Crippen molar-refractivity contribution in [2.75, 3.05) is 20.3 Å². The minimum atomic E-state index is -0.545. The fourth-order valence-corrected chi connectivity index (χ4v) is 1.52. The number of amides is 1. The summed E-state index contributed by atoms with van der Waals surface area (Å²) in [5.41, 5.74) is 0.847. The molecule has 0 unspecified atom stereocenters. The standard InChI is InChI=1S/C16H21NO4/c1-3-4-11-17-15(18)12-21-16(19)10-7-13-5-8-14(20-2)9-6-13/h5-10H,3-4,11-12H2,1-2H3,(H,17,18)/b10-7+. The number of hydrogen-bond acceptors (Lipinski definition) is 4. The Morgan fingerprint density at radius 3 is 2.57 bits per heavy atom. The average Bonchev–Trinajstić information content (AvgIpc) is 2.51. The van der Waals surface area contributed by atoms with Crippen molar-refractivity contribution in [3.63, 3.8) is 0 Å². The minimum absolute atomic E-state index is 0.254. The molecular formula is C16H21NO4. The summed E-state index contributed by atoms with van der Waals surface area (Å²) < 4.78 is 9.88. The maximum atomic E-state index is 11.5. The molecule has 5 nitrogen and oxygen atoms in total. The summed E-state index contributed by atoms with van der Waals surface area (Å²) in [5.74, 6) is -0.0791. The molecule has 0 aliphatic rings. The molecule has 0 aromatic heterocycles. The second kappa shape index (κ2) is 9.58. The van der Waals surface area contributed by atoms with Crippen LogP contribution in [-0.2, 0) is 14.3 Å².